The Balaban J connectivity index is 1.53. The van der Waals surface area contributed by atoms with E-state index >= 15 is 0 Å². The molecule has 28 heavy (non-hydrogen) atoms. The van der Waals surface area contributed by atoms with Gasteiger partial charge in [-0.15, -0.1) is 0 Å². The normalized spacial score (nSPS) is 28.5. The highest BCUT2D eigenvalue weighted by Gasteiger charge is 2.52. The summed E-state index contributed by atoms with van der Waals surface area (Å²) in [6.07, 6.45) is 3.81. The van der Waals surface area contributed by atoms with Gasteiger partial charge in [-0.1, -0.05) is 43.3 Å². The van der Waals surface area contributed by atoms with Gasteiger partial charge < -0.3 is 9.64 Å². The van der Waals surface area contributed by atoms with Gasteiger partial charge in [-0.3, -0.25) is 0 Å². The smallest absolute Gasteiger partial charge is 0.208 e. The molecule has 5 rings (SSSR count). The predicted molar refractivity (Wildman–Crippen MR) is 107 cm³/mol. The Hall–Kier alpha value is -2.40. The van der Waals surface area contributed by atoms with Crippen LogP contribution in [0.5, 0.6) is 5.75 Å². The van der Waals surface area contributed by atoms with Gasteiger partial charge in [-0.2, -0.15) is 5.10 Å². The van der Waals surface area contributed by atoms with Crippen molar-refractivity contribution in [3.8, 4) is 5.75 Å². The van der Waals surface area contributed by atoms with E-state index in [4.69, 9.17) is 9.84 Å². The fourth-order valence-corrected chi connectivity index (χ4v) is 5.02. The number of rotatable bonds is 3. The molecule has 1 saturated heterocycles. The molecule has 2 aromatic rings. The highest BCUT2D eigenvalue weighted by Crippen LogP contribution is 2.49. The van der Waals surface area contributed by atoms with E-state index in [0.717, 1.165) is 43.0 Å². The second kappa shape index (κ2) is 6.89. The highest BCUT2D eigenvalue weighted by atomic mass is 19.1. The van der Waals surface area contributed by atoms with Crippen molar-refractivity contribution < 1.29 is 14.0 Å². The van der Waals surface area contributed by atoms with Crippen LogP contribution in [-0.4, -0.2) is 36.1 Å². The van der Waals surface area contributed by atoms with Crippen molar-refractivity contribution in [2.75, 3.05) is 19.6 Å². The zero-order valence-corrected chi connectivity index (χ0v) is 16.3. The number of hydrogen-bond donors (Lipinski definition) is 1. The third-order valence-corrected chi connectivity index (χ3v) is 6.43. The van der Waals surface area contributed by atoms with Crippen LogP contribution in [0.3, 0.4) is 0 Å². The Morgan fingerprint density at radius 3 is 2.68 bits per heavy atom. The van der Waals surface area contributed by atoms with Crippen molar-refractivity contribution in [2.45, 2.75) is 44.4 Å². The van der Waals surface area contributed by atoms with E-state index in [1.807, 2.05) is 24.3 Å². The van der Waals surface area contributed by atoms with E-state index in [0.29, 0.717) is 12.0 Å². The van der Waals surface area contributed by atoms with E-state index < -0.39 is 5.72 Å². The summed E-state index contributed by atoms with van der Waals surface area (Å²) in [6, 6.07) is 15.4. The van der Waals surface area contributed by atoms with E-state index in [1.165, 1.54) is 19.0 Å². The number of likely N-dealkylation sites (tertiary alicyclic amines) is 1. The lowest BCUT2D eigenvalue weighted by Gasteiger charge is -2.50. The predicted octanol–water partition coefficient (Wildman–Crippen LogP) is 3.15. The SMILES string of the molecule is CCC[NH+]1CCC2(CC1)Oc1ccccc1[C@H]1CC(c3ccccc3F)=NN12. The van der Waals surface area contributed by atoms with Crippen molar-refractivity contribution in [1.82, 2.24) is 5.01 Å². The van der Waals surface area contributed by atoms with Crippen molar-refractivity contribution in [2.24, 2.45) is 5.10 Å². The molecule has 0 bridgehead atoms. The average molecular weight is 380 g/mol. The van der Waals surface area contributed by atoms with E-state index in [-0.39, 0.29) is 11.9 Å². The first-order valence-electron chi connectivity index (χ1n) is 10.4. The van der Waals surface area contributed by atoms with Gasteiger partial charge in [0.2, 0.25) is 5.72 Å². The summed E-state index contributed by atoms with van der Waals surface area (Å²) in [7, 11) is 0. The lowest BCUT2D eigenvalue weighted by Crippen LogP contribution is -3.14. The third-order valence-electron chi connectivity index (χ3n) is 6.43. The number of quaternary nitrogens is 1. The molecule has 146 valence electrons. The summed E-state index contributed by atoms with van der Waals surface area (Å²) < 4.78 is 21.1. The summed E-state index contributed by atoms with van der Waals surface area (Å²) in [4.78, 5) is 1.64. The van der Waals surface area contributed by atoms with Crippen LogP contribution in [0.4, 0.5) is 4.39 Å². The van der Waals surface area contributed by atoms with Crippen LogP contribution in [0.15, 0.2) is 53.6 Å². The maximum atomic E-state index is 14.5. The molecule has 1 N–H and O–H groups in total. The molecule has 0 saturated carbocycles. The zero-order valence-electron chi connectivity index (χ0n) is 16.3. The maximum Gasteiger partial charge on any atom is 0.208 e. The van der Waals surface area contributed by atoms with Gasteiger partial charge in [0.1, 0.15) is 11.6 Å². The largest absolute Gasteiger partial charge is 0.466 e. The molecule has 0 aromatic heterocycles. The first kappa shape index (κ1) is 17.7. The highest BCUT2D eigenvalue weighted by molar-refractivity contribution is 6.02. The molecule has 3 aliphatic rings. The minimum Gasteiger partial charge on any atom is -0.466 e. The summed E-state index contributed by atoms with van der Waals surface area (Å²) in [5.74, 6) is 0.763. The monoisotopic (exact) mass is 380 g/mol. The lowest BCUT2D eigenvalue weighted by molar-refractivity contribution is -0.908. The average Bonchev–Trinajstić information content (AvgIpc) is 3.17. The van der Waals surface area contributed by atoms with Gasteiger partial charge >= 0.3 is 0 Å². The lowest BCUT2D eigenvalue weighted by atomic mass is 9.90. The number of hydrogen-bond acceptors (Lipinski definition) is 3. The topological polar surface area (TPSA) is 29.3 Å². The molecule has 1 fully saturated rings. The van der Waals surface area contributed by atoms with Gasteiger partial charge in [0.15, 0.2) is 0 Å². The summed E-state index contributed by atoms with van der Waals surface area (Å²) >= 11 is 0. The number of ether oxygens (including phenoxy) is 1. The van der Waals surface area contributed by atoms with Gasteiger partial charge in [0.05, 0.1) is 44.2 Å². The molecule has 0 aliphatic carbocycles. The minimum absolute atomic E-state index is 0.118. The van der Waals surface area contributed by atoms with Crippen LogP contribution in [0.25, 0.3) is 0 Å². The molecular formula is C23H27FN3O+. The Morgan fingerprint density at radius 2 is 1.89 bits per heavy atom. The molecule has 0 radical (unpaired) electrons. The Labute approximate surface area is 165 Å². The molecule has 1 atom stereocenters. The molecule has 0 amide bonds. The van der Waals surface area contributed by atoms with Crippen molar-refractivity contribution in [3.63, 3.8) is 0 Å². The molecule has 3 heterocycles. The van der Waals surface area contributed by atoms with Crippen LogP contribution in [0.2, 0.25) is 0 Å². The van der Waals surface area contributed by atoms with Crippen LogP contribution in [-0.2, 0) is 0 Å². The summed E-state index contributed by atoms with van der Waals surface area (Å²) in [5.41, 5.74) is 2.18. The number of halogens is 1. The van der Waals surface area contributed by atoms with Gasteiger partial charge in [0.25, 0.3) is 0 Å². The quantitative estimate of drug-likeness (QED) is 0.886. The van der Waals surface area contributed by atoms with E-state index in [9.17, 15) is 4.39 Å². The number of nitrogens with one attached hydrogen (secondary N) is 1. The molecule has 1 spiro atoms. The van der Waals surface area contributed by atoms with Crippen LogP contribution in [0.1, 0.15) is 49.8 Å². The van der Waals surface area contributed by atoms with Crippen molar-refractivity contribution in [1.29, 1.82) is 0 Å². The van der Waals surface area contributed by atoms with Crippen LogP contribution >= 0.6 is 0 Å². The Bertz CT molecular complexity index is 904. The Morgan fingerprint density at radius 1 is 1.14 bits per heavy atom. The zero-order chi connectivity index (χ0) is 19.1. The van der Waals surface area contributed by atoms with Crippen LogP contribution < -0.4 is 9.64 Å². The Kier molecular flexibility index (Phi) is 4.35. The number of fused-ring (bicyclic) bond motifs is 4. The van der Waals surface area contributed by atoms with Gasteiger partial charge in [-0.05, 0) is 18.6 Å². The van der Waals surface area contributed by atoms with Crippen molar-refractivity contribution >= 4 is 5.71 Å². The molecule has 2 aromatic carbocycles. The number of hydrazone groups is 1. The molecule has 4 nitrogen and oxygen atoms in total. The first-order valence-corrected chi connectivity index (χ1v) is 10.4. The second-order valence-corrected chi connectivity index (χ2v) is 8.18. The van der Waals surface area contributed by atoms with Crippen molar-refractivity contribution in [3.05, 3.63) is 65.5 Å². The third kappa shape index (κ3) is 2.80. The molecule has 3 aliphatic heterocycles. The molecular weight excluding hydrogens is 353 g/mol. The fourth-order valence-electron chi connectivity index (χ4n) is 5.02. The molecule has 0 unspecified atom stereocenters. The number of piperidine rings is 1. The van der Waals surface area contributed by atoms with Gasteiger partial charge in [-0.25, -0.2) is 9.40 Å². The minimum atomic E-state index is -0.413. The van der Waals surface area contributed by atoms with E-state index in [1.54, 1.807) is 11.0 Å². The molecule has 5 heteroatoms. The summed E-state index contributed by atoms with van der Waals surface area (Å²) in [6.45, 7) is 5.62. The standard InChI is InChI=1S/C23H26FN3O/c1-2-13-26-14-11-23(12-15-26)27-21(18-8-4-6-10-22(18)28-23)16-20(25-27)17-7-3-5-9-19(17)24/h3-10,21H,2,11-16H2,1H3/p+1/t21-/m1/s1. The number of para-hydroxylation sites is 1. The van der Waals surface area contributed by atoms with E-state index in [2.05, 4.69) is 24.1 Å². The second-order valence-electron chi connectivity index (χ2n) is 8.18. The van der Waals surface area contributed by atoms with Crippen LogP contribution in [0, 0.1) is 5.82 Å². The fraction of sp³-hybridized carbons (Fsp3) is 0.435. The maximum absolute atomic E-state index is 14.5. The first-order chi connectivity index (χ1) is 13.7. The summed E-state index contributed by atoms with van der Waals surface area (Å²) in [5, 5.41) is 7.13. The van der Waals surface area contributed by atoms with Gasteiger partial charge in [0, 0.05) is 17.5 Å². The number of nitrogens with zero attached hydrogens (tertiary/aromatic N) is 2. The number of benzene rings is 2.